The number of benzene rings is 13. The van der Waals surface area contributed by atoms with Crippen molar-refractivity contribution in [3.05, 3.63) is 460 Å². The Balaban J connectivity index is 0.000000198. The van der Waals surface area contributed by atoms with Crippen molar-refractivity contribution in [2.45, 2.75) is 111 Å². The summed E-state index contributed by atoms with van der Waals surface area (Å²) in [4.78, 5) is 0. The van der Waals surface area contributed by atoms with Gasteiger partial charge in [0, 0.05) is 72.3 Å². The number of rotatable bonds is 0. The van der Waals surface area contributed by atoms with Crippen LogP contribution in [0.2, 0.25) is 0 Å². The zero-order valence-electron chi connectivity index (χ0n) is 67.0. The molecule has 0 saturated carbocycles. The van der Waals surface area contributed by atoms with Crippen molar-refractivity contribution < 1.29 is 0 Å². The summed E-state index contributed by atoms with van der Waals surface area (Å²) in [7, 11) is 0. The lowest BCUT2D eigenvalue weighted by atomic mass is 10.1. The Morgan fingerprint density at radius 1 is 0.136 bits per heavy atom. The molecule has 0 aliphatic carbocycles. The Bertz CT molecular complexity index is 5500. The van der Waals surface area contributed by atoms with Crippen LogP contribution in [-0.4, -0.2) is 0 Å². The van der Waals surface area contributed by atoms with Crippen molar-refractivity contribution >= 4 is 0 Å². The fourth-order valence-electron chi connectivity index (χ4n) is 10.0. The standard InChI is InChI=1S/5C16H14.3C10H10/c1-13-3-7-15(8-4-13)11-12-16-9-5-14(2)6-10-16;1-13-7-3-5-9-15(13)11-12-16-10-6-4-8-14(16)2;1-13-6-5-8-15(12-13)10-11-16-9-4-3-7-14(16)2;1-13-6-8-15(9-7-13)10-11-16-5-3-4-14(2)12-16;1-13-7-9-15(10-8-13)11-12-16-6-4-3-5-14(16)2;1-3-6-10-8-5-4-7-9(10)2;1-3-5-10-7-4-6-9(2)8-10;1-3-4-10-7-5-9(2)6-8-10/h2*3-10H,1-2H3;2*3-9,12H,1-2H3;3-10H,1-2H3;4-5,7-8H,1-2H3;4,6-8H,1-2H3;5-8H,1-2H3. The Kier molecular flexibility index (Phi) is 37.6. The first-order valence-corrected chi connectivity index (χ1v) is 37.0. The van der Waals surface area contributed by atoms with E-state index < -0.39 is 0 Å². The van der Waals surface area contributed by atoms with Gasteiger partial charge in [0.1, 0.15) is 0 Å². The van der Waals surface area contributed by atoms with Gasteiger partial charge in [-0.2, -0.15) is 0 Å². The third kappa shape index (κ3) is 34.1. The molecule has 13 aromatic rings. The lowest BCUT2D eigenvalue weighted by molar-refractivity contribution is 1.42. The Hall–Kier alpha value is -13.7. The van der Waals surface area contributed by atoms with Gasteiger partial charge in [-0.1, -0.05) is 293 Å². The van der Waals surface area contributed by atoms with E-state index in [1.807, 2.05) is 136 Å². The normalized spacial score (nSPS) is 9.05. The maximum absolute atomic E-state index is 3.22. The van der Waals surface area contributed by atoms with Crippen LogP contribution in [0.1, 0.15) is 165 Å². The second-order valence-corrected chi connectivity index (χ2v) is 26.4. The highest BCUT2D eigenvalue weighted by Gasteiger charge is 1.98. The van der Waals surface area contributed by atoms with Gasteiger partial charge in [0.25, 0.3) is 0 Å². The van der Waals surface area contributed by atoms with Gasteiger partial charge in [-0.05, 0) is 283 Å². The third-order valence-electron chi connectivity index (χ3n) is 16.6. The molecule has 0 aliphatic heterocycles. The van der Waals surface area contributed by atoms with E-state index in [0.29, 0.717) is 0 Å². The molecule has 110 heavy (non-hydrogen) atoms. The molecular weight excluding hydrogens is 1320 g/mol. The summed E-state index contributed by atoms with van der Waals surface area (Å²) in [6, 6.07) is 107. The lowest BCUT2D eigenvalue weighted by Crippen LogP contribution is -1.82. The van der Waals surface area contributed by atoms with E-state index in [1.54, 1.807) is 0 Å². The van der Waals surface area contributed by atoms with Crippen molar-refractivity contribution in [1.82, 2.24) is 0 Å². The van der Waals surface area contributed by atoms with Gasteiger partial charge < -0.3 is 0 Å². The lowest BCUT2D eigenvalue weighted by Gasteiger charge is -1.97. The largest absolute Gasteiger partial charge is 0.101 e. The fraction of sp³-hybridized carbons (Fsp3) is 0.145. The molecule has 540 valence electrons. The van der Waals surface area contributed by atoms with Crippen LogP contribution in [0.3, 0.4) is 0 Å². The highest BCUT2D eigenvalue weighted by atomic mass is 14.0. The molecule has 0 saturated heterocycles. The summed E-state index contributed by atoms with van der Waals surface area (Å²) in [5.41, 5.74) is 30.4. The van der Waals surface area contributed by atoms with E-state index in [1.165, 1.54) is 72.3 Å². The monoisotopic (exact) mass is 1420 g/mol. The van der Waals surface area contributed by atoms with E-state index in [9.17, 15) is 0 Å². The van der Waals surface area contributed by atoms with E-state index in [0.717, 1.165) is 72.3 Å². The summed E-state index contributed by atoms with van der Waals surface area (Å²) in [6.07, 6.45) is 0. The molecule has 13 rings (SSSR count). The number of hydrogen-bond donors (Lipinski definition) is 0. The molecule has 0 fully saturated rings. The highest BCUT2D eigenvalue weighted by Crippen LogP contribution is 2.13. The van der Waals surface area contributed by atoms with Crippen LogP contribution in [0.15, 0.2) is 315 Å². The van der Waals surface area contributed by atoms with Crippen molar-refractivity contribution in [3.63, 3.8) is 0 Å². The van der Waals surface area contributed by atoms with Crippen LogP contribution in [0.5, 0.6) is 0 Å². The minimum atomic E-state index is 1.06. The summed E-state index contributed by atoms with van der Waals surface area (Å²) in [5, 5.41) is 0. The average molecular weight is 1420 g/mol. The molecule has 0 N–H and O–H groups in total. The maximum atomic E-state index is 3.22. The van der Waals surface area contributed by atoms with Crippen LogP contribution in [0, 0.1) is 185 Å². The molecule has 0 heterocycles. The summed E-state index contributed by atoms with van der Waals surface area (Å²) >= 11 is 0. The Morgan fingerprint density at radius 3 is 0.555 bits per heavy atom. The van der Waals surface area contributed by atoms with E-state index in [2.05, 4.69) is 385 Å². The van der Waals surface area contributed by atoms with E-state index in [-0.39, 0.29) is 0 Å². The Morgan fingerprint density at radius 2 is 0.318 bits per heavy atom. The molecule has 13 aromatic carbocycles. The smallest absolute Gasteiger partial charge is 0.0278 e. The van der Waals surface area contributed by atoms with Crippen molar-refractivity contribution in [2.24, 2.45) is 0 Å². The van der Waals surface area contributed by atoms with Gasteiger partial charge in [0.2, 0.25) is 0 Å². The van der Waals surface area contributed by atoms with Gasteiger partial charge >= 0.3 is 0 Å². The minimum Gasteiger partial charge on any atom is -0.101 e. The predicted molar refractivity (Wildman–Crippen MR) is 473 cm³/mol. The molecule has 0 amide bonds. The first kappa shape index (κ1) is 85.3. The zero-order valence-corrected chi connectivity index (χ0v) is 67.0. The molecule has 0 spiro atoms. The molecule has 0 bridgehead atoms. The Labute approximate surface area is 661 Å². The third-order valence-corrected chi connectivity index (χ3v) is 16.6. The second-order valence-electron chi connectivity index (χ2n) is 26.4. The van der Waals surface area contributed by atoms with Gasteiger partial charge in [-0.25, -0.2) is 0 Å². The topological polar surface area (TPSA) is 0 Å². The van der Waals surface area contributed by atoms with Crippen LogP contribution in [0.4, 0.5) is 0 Å². The minimum absolute atomic E-state index is 1.06. The van der Waals surface area contributed by atoms with Crippen LogP contribution >= 0.6 is 0 Å². The molecule has 0 nitrogen and oxygen atoms in total. The molecule has 0 radical (unpaired) electrons. The van der Waals surface area contributed by atoms with Crippen LogP contribution in [0.25, 0.3) is 0 Å². The quantitative estimate of drug-likeness (QED) is 0.133. The second kappa shape index (κ2) is 48.4. The van der Waals surface area contributed by atoms with Gasteiger partial charge in [-0.15, -0.1) is 17.8 Å². The van der Waals surface area contributed by atoms with Gasteiger partial charge in [0.05, 0.1) is 0 Å². The van der Waals surface area contributed by atoms with Gasteiger partial charge in [-0.3, -0.25) is 0 Å². The molecule has 0 aromatic heterocycles. The molecule has 0 aliphatic rings. The first-order valence-electron chi connectivity index (χ1n) is 37.0. The van der Waals surface area contributed by atoms with Crippen LogP contribution in [-0.2, 0) is 0 Å². The average Bonchev–Trinajstić information content (AvgIpc) is 0.906. The predicted octanol–water partition coefficient (Wildman–Crippen LogP) is 25.6. The molecular formula is C110H100. The van der Waals surface area contributed by atoms with Crippen LogP contribution < -0.4 is 0 Å². The summed E-state index contributed by atoms with van der Waals surface area (Å²) < 4.78 is 0. The molecule has 0 heteroatoms. The fourth-order valence-corrected chi connectivity index (χ4v) is 10.0. The zero-order chi connectivity index (χ0) is 79.1. The number of hydrogen-bond acceptors (Lipinski definition) is 0. The molecule has 0 atom stereocenters. The van der Waals surface area contributed by atoms with Gasteiger partial charge in [0.15, 0.2) is 0 Å². The first-order chi connectivity index (χ1) is 53.2. The van der Waals surface area contributed by atoms with E-state index >= 15 is 0 Å². The summed E-state index contributed by atoms with van der Waals surface area (Å²) in [5.74, 6) is 49.5. The summed E-state index contributed by atoms with van der Waals surface area (Å²) in [6.45, 7) is 32.6. The number of aryl methyl sites for hydroxylation is 13. The van der Waals surface area contributed by atoms with E-state index in [4.69, 9.17) is 0 Å². The van der Waals surface area contributed by atoms with Crippen molar-refractivity contribution in [3.8, 4) is 94.7 Å². The maximum Gasteiger partial charge on any atom is 0.0278 e. The molecule has 0 unspecified atom stereocenters. The SMILES string of the molecule is CC#Cc1ccc(C)cc1.CC#Cc1cccc(C)c1.CC#Cc1ccccc1C.Cc1ccc(C#Cc2ccc(C)cc2)cc1.Cc1ccc(C#Cc2cccc(C)c2)cc1.Cc1ccc(C#Cc2ccccc2C)cc1.Cc1cccc(C#Cc2ccccc2C)c1.Cc1ccccc1C#Cc1ccccc1C. The highest BCUT2D eigenvalue weighted by molar-refractivity contribution is 5.52. The van der Waals surface area contributed by atoms with Crippen molar-refractivity contribution in [2.75, 3.05) is 0 Å². The van der Waals surface area contributed by atoms with Crippen molar-refractivity contribution in [1.29, 1.82) is 0 Å².